The van der Waals surface area contributed by atoms with Crippen LogP contribution in [0.2, 0.25) is 0 Å². The van der Waals surface area contributed by atoms with Gasteiger partial charge in [0.25, 0.3) is 5.92 Å². The maximum atomic E-state index is 13.9. The Labute approximate surface area is 358 Å². The van der Waals surface area contributed by atoms with Crippen LogP contribution in [0.5, 0.6) is 0 Å². The number of piperidine rings is 3. The summed E-state index contributed by atoms with van der Waals surface area (Å²) < 4.78 is 43.9. The normalized spacial score (nSPS) is 24.2. The molecule has 0 aromatic heterocycles. The van der Waals surface area contributed by atoms with Gasteiger partial charge in [-0.15, -0.1) is 0 Å². The molecule has 0 spiro atoms. The molecule has 0 radical (unpaired) electrons. The molecule has 3 fully saturated rings. The molecule has 3 amide bonds. The van der Waals surface area contributed by atoms with Gasteiger partial charge in [0.2, 0.25) is 0 Å². The zero-order valence-electron chi connectivity index (χ0n) is 37.8. The van der Waals surface area contributed by atoms with Crippen LogP contribution in [0.1, 0.15) is 193 Å². The third kappa shape index (κ3) is 20.8. The Bertz CT molecular complexity index is 1160. The van der Waals surface area contributed by atoms with Crippen LogP contribution in [0.3, 0.4) is 0 Å². The number of ether oxygens (including phenoxy) is 3. The molecule has 350 valence electrons. The van der Waals surface area contributed by atoms with Crippen molar-refractivity contribution in [1.82, 2.24) is 14.7 Å². The number of alkyl halides is 2. The quantitative estimate of drug-likeness (QED) is 0.263. The first-order valence-corrected chi connectivity index (χ1v) is 20.5. The van der Waals surface area contributed by atoms with E-state index in [2.05, 4.69) is 55.4 Å². The molecule has 11 heteroatoms. The lowest BCUT2D eigenvalue weighted by Gasteiger charge is -2.46. The standard InChI is InChI=1S/2C15H29NO2.C13H23F2NO2.4CH4/c1-10(2)13-8-11(3)16(12(4)9-13)14(17)18-15(5,6)7;1-11(2)12-8-9-16(15(6,7)10-12)13(17)18-14(3,4)5;1-9(2)10-6-7-16(8-13(10,14)15)11(17)18-12(3,4)5;;;;/h10-13H,8-9H2,1-7H3;11-12H,8-10H2,1-7H3;9-10H,6-8H2,1-5H3;4*1H4. The molecule has 0 aliphatic carbocycles. The third-order valence-corrected chi connectivity index (χ3v) is 10.7. The van der Waals surface area contributed by atoms with Gasteiger partial charge in [0, 0.05) is 36.6 Å². The maximum absolute atomic E-state index is 13.9. The molecule has 3 aliphatic heterocycles. The van der Waals surface area contributed by atoms with Crippen LogP contribution in [0, 0.1) is 35.5 Å². The molecule has 4 unspecified atom stereocenters. The Morgan fingerprint density at radius 2 is 1.00 bits per heavy atom. The van der Waals surface area contributed by atoms with Gasteiger partial charge in [-0.3, -0.25) is 0 Å². The summed E-state index contributed by atoms with van der Waals surface area (Å²) in [6.07, 6.45) is 3.65. The Balaban J connectivity index is -0.000000364. The van der Waals surface area contributed by atoms with Crippen LogP contribution in [-0.4, -0.2) is 93.0 Å². The molecule has 3 aliphatic rings. The number of nitrogens with zero attached hydrogens (tertiary/aromatic N) is 3. The van der Waals surface area contributed by atoms with Gasteiger partial charge < -0.3 is 28.9 Å². The summed E-state index contributed by atoms with van der Waals surface area (Å²) in [4.78, 5) is 41.1. The topological polar surface area (TPSA) is 88.6 Å². The zero-order chi connectivity index (χ0) is 42.4. The number of rotatable bonds is 3. The van der Waals surface area contributed by atoms with E-state index in [9.17, 15) is 23.2 Å². The number of halogens is 2. The summed E-state index contributed by atoms with van der Waals surface area (Å²) in [5.41, 5.74) is -1.58. The molecular formula is C47H97F2N3O6. The summed E-state index contributed by atoms with van der Waals surface area (Å²) in [6.45, 7) is 38.5. The van der Waals surface area contributed by atoms with Crippen molar-refractivity contribution < 1.29 is 37.4 Å². The minimum atomic E-state index is -2.83. The van der Waals surface area contributed by atoms with Gasteiger partial charge in [0.1, 0.15) is 16.8 Å². The number of carbonyl (C=O) groups is 3. The molecule has 3 rings (SSSR count). The van der Waals surface area contributed by atoms with E-state index in [1.54, 1.807) is 34.6 Å². The van der Waals surface area contributed by atoms with Crippen LogP contribution in [-0.2, 0) is 14.2 Å². The van der Waals surface area contributed by atoms with E-state index in [4.69, 9.17) is 14.2 Å². The third-order valence-electron chi connectivity index (χ3n) is 10.7. The maximum Gasteiger partial charge on any atom is 0.410 e. The van der Waals surface area contributed by atoms with E-state index < -0.39 is 41.3 Å². The van der Waals surface area contributed by atoms with E-state index >= 15 is 0 Å². The average Bonchev–Trinajstić information content (AvgIpc) is 2.93. The molecule has 0 saturated carbocycles. The predicted molar refractivity (Wildman–Crippen MR) is 242 cm³/mol. The second kappa shape index (κ2) is 24.2. The fraction of sp³-hybridized carbons (Fsp3) is 0.936. The van der Waals surface area contributed by atoms with Crippen molar-refractivity contribution in [2.75, 3.05) is 19.6 Å². The molecule has 0 aromatic carbocycles. The highest BCUT2D eigenvalue weighted by Crippen LogP contribution is 2.39. The predicted octanol–water partition coefficient (Wildman–Crippen LogP) is 14.2. The highest BCUT2D eigenvalue weighted by Gasteiger charge is 2.48. The van der Waals surface area contributed by atoms with E-state index in [0.29, 0.717) is 36.6 Å². The first-order chi connectivity index (χ1) is 24.2. The Morgan fingerprint density at radius 3 is 1.34 bits per heavy atom. The Morgan fingerprint density at radius 1 is 0.603 bits per heavy atom. The molecule has 4 atom stereocenters. The second-order valence-corrected chi connectivity index (χ2v) is 20.8. The molecule has 3 heterocycles. The number of hydrogen-bond acceptors (Lipinski definition) is 6. The van der Waals surface area contributed by atoms with Crippen LogP contribution < -0.4 is 0 Å². The highest BCUT2D eigenvalue weighted by molar-refractivity contribution is 5.70. The molecule has 58 heavy (non-hydrogen) atoms. The summed E-state index contributed by atoms with van der Waals surface area (Å²) in [7, 11) is 0. The van der Waals surface area contributed by atoms with E-state index in [-0.39, 0.29) is 65.4 Å². The summed E-state index contributed by atoms with van der Waals surface area (Å²) in [5, 5.41) is 0. The first kappa shape index (κ1) is 62.3. The van der Waals surface area contributed by atoms with Gasteiger partial charge in [-0.2, -0.15) is 0 Å². The van der Waals surface area contributed by atoms with Gasteiger partial charge in [-0.1, -0.05) is 71.2 Å². The minimum absolute atomic E-state index is 0. The van der Waals surface area contributed by atoms with Crippen LogP contribution in [0.25, 0.3) is 0 Å². The van der Waals surface area contributed by atoms with Crippen molar-refractivity contribution in [2.24, 2.45) is 35.5 Å². The van der Waals surface area contributed by atoms with E-state index in [1.807, 2.05) is 51.3 Å². The number of carbonyl (C=O) groups excluding carboxylic acids is 3. The molecule has 0 N–H and O–H groups in total. The van der Waals surface area contributed by atoms with Gasteiger partial charge >= 0.3 is 18.3 Å². The van der Waals surface area contributed by atoms with Crippen molar-refractivity contribution in [3.63, 3.8) is 0 Å². The van der Waals surface area contributed by atoms with Crippen LogP contribution in [0.15, 0.2) is 0 Å². The smallest absolute Gasteiger partial charge is 0.410 e. The average molecular weight is 838 g/mol. The lowest BCUT2D eigenvalue weighted by Crippen LogP contribution is -2.54. The SMILES string of the molecule is C.C.C.C.CC(C)C1CC(C)N(C(=O)OC(C)(C)C)C(C)C1.CC(C)C1CCN(C(=O)OC(C)(C)C)C(C)(C)C1.CC(C)C1CCN(C(=O)OC(C)(C)C)CC1(F)F. The van der Waals surface area contributed by atoms with Crippen molar-refractivity contribution in [3.05, 3.63) is 0 Å². The summed E-state index contributed by atoms with van der Waals surface area (Å²) in [5.74, 6) is -0.770. The molecule has 0 aromatic rings. The monoisotopic (exact) mass is 838 g/mol. The number of hydrogen-bond donors (Lipinski definition) is 0. The van der Waals surface area contributed by atoms with Crippen molar-refractivity contribution >= 4 is 18.3 Å². The van der Waals surface area contributed by atoms with Crippen molar-refractivity contribution in [3.8, 4) is 0 Å². The molecule has 9 nitrogen and oxygen atoms in total. The van der Waals surface area contributed by atoms with E-state index in [0.717, 1.165) is 37.1 Å². The number of amides is 3. The second-order valence-electron chi connectivity index (χ2n) is 20.8. The first-order valence-electron chi connectivity index (χ1n) is 20.5. The van der Waals surface area contributed by atoms with Crippen molar-refractivity contribution in [1.29, 1.82) is 0 Å². The van der Waals surface area contributed by atoms with Crippen molar-refractivity contribution in [2.45, 2.75) is 234 Å². The molecule has 3 saturated heterocycles. The Hall–Kier alpha value is -2.33. The zero-order valence-corrected chi connectivity index (χ0v) is 37.8. The van der Waals surface area contributed by atoms with Gasteiger partial charge in [-0.25, -0.2) is 23.2 Å². The minimum Gasteiger partial charge on any atom is -0.444 e. The van der Waals surface area contributed by atoms with E-state index in [1.165, 1.54) is 0 Å². The highest BCUT2D eigenvalue weighted by atomic mass is 19.3. The lowest BCUT2D eigenvalue weighted by molar-refractivity contribution is -0.123. The van der Waals surface area contributed by atoms with Gasteiger partial charge in [0.15, 0.2) is 0 Å². The largest absolute Gasteiger partial charge is 0.444 e. The fourth-order valence-corrected chi connectivity index (χ4v) is 7.79. The fourth-order valence-electron chi connectivity index (χ4n) is 7.79. The summed E-state index contributed by atoms with van der Waals surface area (Å²) in [6, 6.07) is 0.548. The van der Waals surface area contributed by atoms with Crippen LogP contribution in [0.4, 0.5) is 23.2 Å². The Kier molecular flexibility index (Phi) is 26.0. The lowest BCUT2D eigenvalue weighted by atomic mass is 9.77. The van der Waals surface area contributed by atoms with Gasteiger partial charge in [0.05, 0.1) is 6.54 Å². The number of likely N-dealkylation sites (tertiary alicyclic amines) is 3. The molecular weight excluding hydrogens is 741 g/mol. The van der Waals surface area contributed by atoms with Gasteiger partial charge in [-0.05, 0) is 152 Å². The van der Waals surface area contributed by atoms with Crippen LogP contribution >= 0.6 is 0 Å². The molecule has 0 bridgehead atoms. The summed E-state index contributed by atoms with van der Waals surface area (Å²) >= 11 is 0.